The van der Waals surface area contributed by atoms with Gasteiger partial charge in [0.2, 0.25) is 0 Å². The van der Waals surface area contributed by atoms with Crippen LogP contribution in [-0.2, 0) is 13.0 Å². The maximum absolute atomic E-state index is 2.49. The van der Waals surface area contributed by atoms with Crippen LogP contribution >= 0.6 is 0 Å². The number of benzene rings is 1. The van der Waals surface area contributed by atoms with Crippen LogP contribution < -0.4 is 4.57 Å². The van der Waals surface area contributed by atoms with Crippen molar-refractivity contribution in [1.29, 1.82) is 0 Å². The van der Waals surface area contributed by atoms with E-state index in [9.17, 15) is 0 Å². The Morgan fingerprint density at radius 2 is 1.27 bits per heavy atom. The van der Waals surface area contributed by atoms with Crippen LogP contribution in [0.2, 0.25) is 0 Å². The topological polar surface area (TPSA) is 8.81 Å². The van der Waals surface area contributed by atoms with Gasteiger partial charge in [-0.3, -0.25) is 0 Å². The first-order valence-corrected chi connectivity index (χ1v) is 12.9. The maximum atomic E-state index is 2.49. The van der Waals surface area contributed by atoms with Crippen molar-refractivity contribution in [3.63, 3.8) is 0 Å². The molecule has 0 fully saturated rings. The number of unbranched alkanes of at least 4 members (excludes halogenated alkanes) is 12. The maximum Gasteiger partial charge on any atom is 0.261 e. The Bertz CT molecular complexity index is 657. The summed E-state index contributed by atoms with van der Waals surface area (Å²) < 4.78 is 4.93. The third kappa shape index (κ3) is 9.49. The molecule has 0 radical (unpaired) electrons. The molecule has 0 aliphatic carbocycles. The molecule has 0 atom stereocenters. The summed E-state index contributed by atoms with van der Waals surface area (Å²) in [4.78, 5) is 0. The smallest absolute Gasteiger partial charge is 0.234 e. The molecule has 0 aliphatic rings. The van der Waals surface area contributed by atoms with Crippen molar-refractivity contribution >= 4 is 0 Å². The highest BCUT2D eigenvalue weighted by atomic mass is 15.2. The number of aromatic nitrogens is 2. The Kier molecular flexibility index (Phi) is 12.6. The van der Waals surface area contributed by atoms with E-state index in [0.717, 1.165) is 13.0 Å². The normalized spacial score (nSPS) is 11.5. The highest BCUT2D eigenvalue weighted by molar-refractivity contribution is 5.18. The molecule has 2 rings (SSSR count). The molecular weight excluding hydrogens is 364 g/mol. The zero-order chi connectivity index (χ0) is 21.4. The van der Waals surface area contributed by atoms with Crippen LogP contribution in [0.25, 0.3) is 0 Å². The minimum atomic E-state index is 0.511. The van der Waals surface area contributed by atoms with E-state index in [2.05, 4.69) is 72.6 Å². The van der Waals surface area contributed by atoms with E-state index in [0.29, 0.717) is 6.04 Å². The standard InChI is InChI=1S/C28H47N2/c1-4-5-6-7-8-9-10-11-12-13-14-15-19-22-29-23-24-30(26(2)3)28(29)25-27-20-17-16-18-21-27/h16-18,20-21,23-24,26H,4-15,19,22,25H2,1-3H3/q+1. The van der Waals surface area contributed by atoms with Gasteiger partial charge in [-0.25, -0.2) is 9.13 Å². The van der Waals surface area contributed by atoms with Crippen LogP contribution in [0.1, 0.15) is 122 Å². The number of nitrogens with zero attached hydrogens (tertiary/aromatic N) is 2. The molecule has 0 N–H and O–H groups in total. The first-order chi connectivity index (χ1) is 14.7. The van der Waals surface area contributed by atoms with Gasteiger partial charge < -0.3 is 0 Å². The van der Waals surface area contributed by atoms with Crippen molar-refractivity contribution in [3.05, 3.63) is 54.1 Å². The van der Waals surface area contributed by atoms with E-state index in [4.69, 9.17) is 0 Å². The van der Waals surface area contributed by atoms with E-state index < -0.39 is 0 Å². The third-order valence-corrected chi connectivity index (χ3v) is 6.30. The van der Waals surface area contributed by atoms with E-state index in [1.54, 1.807) is 0 Å². The monoisotopic (exact) mass is 411 g/mol. The first kappa shape index (κ1) is 24.7. The lowest BCUT2D eigenvalue weighted by Gasteiger charge is -2.08. The summed E-state index contributed by atoms with van der Waals surface area (Å²) in [6.07, 6.45) is 24.0. The first-order valence-electron chi connectivity index (χ1n) is 12.9. The second-order valence-corrected chi connectivity index (χ2v) is 9.31. The van der Waals surface area contributed by atoms with Crippen molar-refractivity contribution in [2.24, 2.45) is 0 Å². The minimum absolute atomic E-state index is 0.511. The van der Waals surface area contributed by atoms with Gasteiger partial charge in [0, 0.05) is 0 Å². The molecule has 1 heterocycles. The number of rotatable bonds is 17. The Morgan fingerprint density at radius 1 is 0.733 bits per heavy atom. The average Bonchev–Trinajstić information content (AvgIpc) is 3.15. The zero-order valence-electron chi connectivity index (χ0n) is 20.1. The number of hydrogen-bond acceptors (Lipinski definition) is 0. The second-order valence-electron chi connectivity index (χ2n) is 9.31. The third-order valence-electron chi connectivity index (χ3n) is 6.30. The Labute approximate surface area is 186 Å². The van der Waals surface area contributed by atoms with E-state index in [1.807, 2.05) is 0 Å². The quantitative estimate of drug-likeness (QED) is 0.184. The summed E-state index contributed by atoms with van der Waals surface area (Å²) in [7, 11) is 0. The van der Waals surface area contributed by atoms with E-state index >= 15 is 0 Å². The summed E-state index contributed by atoms with van der Waals surface area (Å²) in [6.45, 7) is 8.01. The van der Waals surface area contributed by atoms with Crippen LogP contribution in [0.3, 0.4) is 0 Å². The molecule has 1 aromatic heterocycles. The number of imidazole rings is 1. The summed E-state index contributed by atoms with van der Waals surface area (Å²) in [6, 6.07) is 11.4. The van der Waals surface area contributed by atoms with Crippen molar-refractivity contribution in [3.8, 4) is 0 Å². The Hall–Kier alpha value is -1.57. The van der Waals surface area contributed by atoms with Gasteiger partial charge in [0.25, 0.3) is 5.82 Å². The zero-order valence-corrected chi connectivity index (χ0v) is 20.1. The van der Waals surface area contributed by atoms with Crippen LogP contribution in [-0.4, -0.2) is 4.57 Å². The summed E-state index contributed by atoms with van der Waals surface area (Å²) in [5.41, 5.74) is 1.40. The fourth-order valence-electron chi connectivity index (χ4n) is 4.42. The lowest BCUT2D eigenvalue weighted by molar-refractivity contribution is -0.704. The van der Waals surface area contributed by atoms with Crippen LogP contribution in [0, 0.1) is 0 Å². The largest absolute Gasteiger partial charge is 0.261 e. The molecule has 0 saturated carbocycles. The van der Waals surface area contributed by atoms with Gasteiger partial charge >= 0.3 is 0 Å². The van der Waals surface area contributed by atoms with Crippen LogP contribution in [0.4, 0.5) is 0 Å². The highest BCUT2D eigenvalue weighted by Gasteiger charge is 2.19. The molecule has 0 bridgehead atoms. The van der Waals surface area contributed by atoms with Gasteiger partial charge in [-0.1, -0.05) is 108 Å². The molecule has 2 aromatic rings. The molecule has 0 unspecified atom stereocenters. The lowest BCUT2D eigenvalue weighted by Crippen LogP contribution is -2.37. The molecule has 0 amide bonds. The van der Waals surface area contributed by atoms with E-state index in [-0.39, 0.29) is 0 Å². The van der Waals surface area contributed by atoms with Gasteiger partial charge in [-0.05, 0) is 32.3 Å². The molecule has 168 valence electrons. The average molecular weight is 412 g/mol. The molecule has 0 spiro atoms. The summed E-state index contributed by atoms with van der Waals surface area (Å²) in [5.74, 6) is 1.44. The number of aryl methyl sites for hydroxylation is 1. The molecule has 0 aliphatic heterocycles. The molecular formula is C28H47N2+. The van der Waals surface area contributed by atoms with Crippen molar-refractivity contribution in [1.82, 2.24) is 4.57 Å². The molecule has 0 saturated heterocycles. The SMILES string of the molecule is CCCCCCCCCCCCCCC[n+]1ccn(C(C)C)c1Cc1ccccc1. The van der Waals surface area contributed by atoms with Crippen molar-refractivity contribution in [2.45, 2.75) is 123 Å². The van der Waals surface area contributed by atoms with Gasteiger partial charge in [-0.2, -0.15) is 0 Å². The minimum Gasteiger partial charge on any atom is -0.234 e. The highest BCUT2D eigenvalue weighted by Crippen LogP contribution is 2.14. The van der Waals surface area contributed by atoms with Crippen LogP contribution in [0.5, 0.6) is 0 Å². The van der Waals surface area contributed by atoms with Gasteiger partial charge in [0.1, 0.15) is 12.4 Å². The van der Waals surface area contributed by atoms with E-state index in [1.165, 1.54) is 94.9 Å². The Balaban J connectivity index is 1.61. The second kappa shape index (κ2) is 15.3. The summed E-state index contributed by atoms with van der Waals surface area (Å²) >= 11 is 0. The summed E-state index contributed by atoms with van der Waals surface area (Å²) in [5, 5.41) is 0. The predicted octanol–water partition coefficient (Wildman–Crippen LogP) is 8.04. The van der Waals surface area contributed by atoms with Crippen molar-refractivity contribution in [2.75, 3.05) is 0 Å². The Morgan fingerprint density at radius 3 is 1.80 bits per heavy atom. The molecule has 1 aromatic carbocycles. The number of hydrogen-bond donors (Lipinski definition) is 0. The fraction of sp³-hybridized carbons (Fsp3) is 0.679. The van der Waals surface area contributed by atoms with Crippen LogP contribution in [0.15, 0.2) is 42.7 Å². The molecule has 2 nitrogen and oxygen atoms in total. The fourth-order valence-corrected chi connectivity index (χ4v) is 4.42. The molecule has 2 heteroatoms. The molecule has 30 heavy (non-hydrogen) atoms. The predicted molar refractivity (Wildman–Crippen MR) is 130 cm³/mol. The van der Waals surface area contributed by atoms with Gasteiger partial charge in [-0.15, -0.1) is 0 Å². The van der Waals surface area contributed by atoms with Gasteiger partial charge in [0.05, 0.1) is 19.0 Å². The lowest BCUT2D eigenvalue weighted by atomic mass is 10.0. The van der Waals surface area contributed by atoms with Gasteiger partial charge in [0.15, 0.2) is 0 Å². The van der Waals surface area contributed by atoms with Crippen molar-refractivity contribution < 1.29 is 4.57 Å².